The lowest BCUT2D eigenvalue weighted by molar-refractivity contribution is -0.121. The van der Waals surface area contributed by atoms with Crippen LogP contribution in [0.2, 0.25) is 0 Å². The fourth-order valence-corrected chi connectivity index (χ4v) is 6.49. The van der Waals surface area contributed by atoms with Crippen molar-refractivity contribution in [2.75, 3.05) is 25.1 Å². The number of methoxy groups -OCH3 is 1. The largest absolute Gasteiger partial charge is 0.497 e. The number of benzene rings is 3. The van der Waals surface area contributed by atoms with Crippen molar-refractivity contribution in [1.29, 1.82) is 0 Å². The van der Waals surface area contributed by atoms with Gasteiger partial charge in [-0.2, -0.15) is 0 Å². The molecule has 0 aliphatic carbocycles. The van der Waals surface area contributed by atoms with Gasteiger partial charge in [-0.3, -0.25) is 9.69 Å². The Labute approximate surface area is 226 Å². The maximum absolute atomic E-state index is 13.5. The summed E-state index contributed by atoms with van der Waals surface area (Å²) in [5.41, 5.74) is 4.09. The Balaban J connectivity index is 1.42. The summed E-state index contributed by atoms with van der Waals surface area (Å²) in [6, 6.07) is 24.2. The SMILES string of the molecule is C=CCN1C(=O)C(=C2Sc3ccc(OC)cc3N2CC)SC1=Nc1ccc(C=Cc2ccccc2)cc1. The molecule has 2 aliphatic heterocycles. The molecule has 5 nitrogen and oxygen atoms in total. The zero-order chi connectivity index (χ0) is 25.8. The first-order valence-corrected chi connectivity index (χ1v) is 13.6. The van der Waals surface area contributed by atoms with Crippen LogP contribution in [-0.4, -0.2) is 36.2 Å². The Morgan fingerprint density at radius 1 is 0.946 bits per heavy atom. The van der Waals surface area contributed by atoms with Gasteiger partial charge in [0.05, 0.1) is 18.5 Å². The number of hydrogen-bond donors (Lipinski definition) is 0. The zero-order valence-corrected chi connectivity index (χ0v) is 22.4. The predicted octanol–water partition coefficient (Wildman–Crippen LogP) is 7.42. The molecule has 1 amide bonds. The van der Waals surface area contributed by atoms with Gasteiger partial charge in [0.1, 0.15) is 15.7 Å². The van der Waals surface area contributed by atoms with E-state index in [9.17, 15) is 4.79 Å². The van der Waals surface area contributed by atoms with Crippen LogP contribution in [-0.2, 0) is 4.79 Å². The lowest BCUT2D eigenvalue weighted by atomic mass is 10.1. The van der Waals surface area contributed by atoms with Gasteiger partial charge in [-0.05, 0) is 54.1 Å². The van der Waals surface area contributed by atoms with E-state index in [0.717, 1.165) is 44.7 Å². The molecule has 0 atom stereocenters. The van der Waals surface area contributed by atoms with Crippen molar-refractivity contribution in [1.82, 2.24) is 4.90 Å². The fraction of sp³-hybridized carbons (Fsp3) is 0.133. The fourth-order valence-electron chi connectivity index (χ4n) is 4.11. The van der Waals surface area contributed by atoms with Crippen molar-refractivity contribution in [2.45, 2.75) is 11.8 Å². The van der Waals surface area contributed by atoms with Crippen LogP contribution in [0.3, 0.4) is 0 Å². The lowest BCUT2D eigenvalue weighted by Crippen LogP contribution is -2.30. The van der Waals surface area contributed by atoms with Gasteiger partial charge in [-0.1, -0.05) is 72.5 Å². The molecule has 2 aliphatic rings. The molecule has 3 aromatic carbocycles. The van der Waals surface area contributed by atoms with E-state index in [0.29, 0.717) is 16.6 Å². The predicted molar refractivity (Wildman–Crippen MR) is 157 cm³/mol. The summed E-state index contributed by atoms with van der Waals surface area (Å²) >= 11 is 3.04. The van der Waals surface area contributed by atoms with Gasteiger partial charge in [0.25, 0.3) is 5.91 Å². The number of amidine groups is 1. The Morgan fingerprint density at radius 3 is 2.35 bits per heavy atom. The highest BCUT2D eigenvalue weighted by Crippen LogP contribution is 2.51. The number of amides is 1. The first kappa shape index (κ1) is 25.0. The highest BCUT2D eigenvalue weighted by molar-refractivity contribution is 8.19. The first-order chi connectivity index (χ1) is 18.1. The second-order valence-electron chi connectivity index (χ2n) is 8.35. The van der Waals surface area contributed by atoms with Crippen molar-refractivity contribution >= 4 is 58.1 Å². The summed E-state index contributed by atoms with van der Waals surface area (Å²) in [6.45, 7) is 7.08. The van der Waals surface area contributed by atoms with Gasteiger partial charge < -0.3 is 9.64 Å². The number of nitrogens with zero attached hydrogens (tertiary/aromatic N) is 3. The number of anilines is 1. The maximum atomic E-state index is 13.5. The summed E-state index contributed by atoms with van der Waals surface area (Å²) < 4.78 is 5.43. The molecular weight excluding hydrogens is 498 g/mol. The molecule has 1 saturated heterocycles. The normalized spacial score (nSPS) is 18.2. The molecule has 0 aromatic heterocycles. The Morgan fingerprint density at radius 2 is 1.68 bits per heavy atom. The third kappa shape index (κ3) is 5.24. The van der Waals surface area contributed by atoms with E-state index in [1.807, 2.05) is 60.7 Å². The first-order valence-electron chi connectivity index (χ1n) is 12.0. The number of hydrogen-bond acceptors (Lipinski definition) is 6. The van der Waals surface area contributed by atoms with Gasteiger partial charge in [-0.15, -0.1) is 6.58 Å². The Bertz CT molecular complexity index is 1410. The van der Waals surface area contributed by atoms with Gasteiger partial charge >= 0.3 is 0 Å². The molecule has 0 N–H and O–H groups in total. The summed E-state index contributed by atoms with van der Waals surface area (Å²) in [5.74, 6) is 0.749. The van der Waals surface area contributed by atoms with Crippen molar-refractivity contribution in [3.63, 3.8) is 0 Å². The molecule has 5 rings (SSSR count). The molecule has 7 heteroatoms. The van der Waals surface area contributed by atoms with E-state index in [2.05, 4.69) is 42.7 Å². The van der Waals surface area contributed by atoms with Crippen molar-refractivity contribution in [2.24, 2.45) is 4.99 Å². The van der Waals surface area contributed by atoms with E-state index in [1.165, 1.54) is 11.8 Å². The Kier molecular flexibility index (Phi) is 7.53. The third-order valence-electron chi connectivity index (χ3n) is 5.98. The second-order valence-corrected chi connectivity index (χ2v) is 10.4. The van der Waals surface area contributed by atoms with Crippen molar-refractivity contribution in [3.05, 3.63) is 107 Å². The van der Waals surface area contributed by atoms with Crippen LogP contribution in [0, 0.1) is 0 Å². The average Bonchev–Trinajstić information content (AvgIpc) is 3.45. The topological polar surface area (TPSA) is 45.1 Å². The summed E-state index contributed by atoms with van der Waals surface area (Å²) in [5, 5.41) is 1.59. The van der Waals surface area contributed by atoms with E-state index in [1.54, 1.807) is 29.8 Å². The van der Waals surface area contributed by atoms with Crippen LogP contribution in [0.4, 0.5) is 11.4 Å². The highest BCUT2D eigenvalue weighted by Gasteiger charge is 2.39. The molecule has 0 bridgehead atoms. The summed E-state index contributed by atoms with van der Waals surface area (Å²) in [7, 11) is 1.66. The number of carbonyl (C=O) groups is 1. The molecule has 0 radical (unpaired) electrons. The van der Waals surface area contributed by atoms with E-state index in [4.69, 9.17) is 9.73 Å². The van der Waals surface area contributed by atoms with Crippen LogP contribution < -0.4 is 9.64 Å². The van der Waals surface area contributed by atoms with Crippen LogP contribution in [0.5, 0.6) is 5.75 Å². The highest BCUT2D eigenvalue weighted by atomic mass is 32.2. The summed E-state index contributed by atoms with van der Waals surface area (Å²) in [4.78, 5) is 24.0. The van der Waals surface area contributed by atoms with Crippen LogP contribution in [0.25, 0.3) is 12.2 Å². The van der Waals surface area contributed by atoms with Crippen molar-refractivity contribution < 1.29 is 9.53 Å². The van der Waals surface area contributed by atoms with E-state index < -0.39 is 0 Å². The molecule has 2 heterocycles. The standard InChI is InChI=1S/C30H27N3O2S2/c1-4-19-33-28(34)27(29-32(5-2)25-20-24(35-3)17-18-26(25)36-29)37-30(33)31-23-15-13-22(14-16-23)12-11-21-9-7-6-8-10-21/h4,6-18,20H,1,5,19H2,2-3H3. The minimum atomic E-state index is -0.0493. The molecule has 3 aromatic rings. The minimum Gasteiger partial charge on any atom is -0.497 e. The second kappa shape index (κ2) is 11.2. The molecule has 0 saturated carbocycles. The lowest BCUT2D eigenvalue weighted by Gasteiger charge is -2.19. The zero-order valence-electron chi connectivity index (χ0n) is 20.8. The monoisotopic (exact) mass is 525 g/mol. The van der Waals surface area contributed by atoms with E-state index in [-0.39, 0.29) is 5.91 Å². The molecule has 37 heavy (non-hydrogen) atoms. The quantitative estimate of drug-likeness (QED) is 0.183. The number of ether oxygens (including phenoxy) is 1. The molecule has 0 spiro atoms. The van der Waals surface area contributed by atoms with Crippen molar-refractivity contribution in [3.8, 4) is 5.75 Å². The molecule has 1 fully saturated rings. The molecule has 186 valence electrons. The number of rotatable bonds is 7. The van der Waals surface area contributed by atoms with Crippen LogP contribution in [0.15, 0.2) is 105 Å². The van der Waals surface area contributed by atoms with Crippen LogP contribution in [0.1, 0.15) is 18.1 Å². The third-order valence-corrected chi connectivity index (χ3v) is 8.36. The molecule has 0 unspecified atom stereocenters. The number of thioether (sulfide) groups is 2. The van der Waals surface area contributed by atoms with E-state index >= 15 is 0 Å². The molecular formula is C30H27N3O2S2. The maximum Gasteiger partial charge on any atom is 0.269 e. The number of carbonyl (C=O) groups excluding carboxylic acids is 1. The average molecular weight is 526 g/mol. The minimum absolute atomic E-state index is 0.0493. The van der Waals surface area contributed by atoms with Gasteiger partial charge in [0.2, 0.25) is 0 Å². The smallest absolute Gasteiger partial charge is 0.269 e. The van der Waals surface area contributed by atoms with Gasteiger partial charge in [0, 0.05) is 24.1 Å². The summed E-state index contributed by atoms with van der Waals surface area (Å²) in [6.07, 6.45) is 5.90. The number of aliphatic imine (C=N–C) groups is 1. The van der Waals surface area contributed by atoms with Crippen LogP contribution >= 0.6 is 23.5 Å². The van der Waals surface area contributed by atoms with Gasteiger partial charge in [0.15, 0.2) is 5.17 Å². The number of fused-ring (bicyclic) bond motifs is 1. The van der Waals surface area contributed by atoms with Gasteiger partial charge in [-0.25, -0.2) is 4.99 Å². The Hall–Kier alpha value is -3.68.